The molecule has 1 aliphatic rings. The lowest BCUT2D eigenvalue weighted by Gasteiger charge is -2.28. The largest absolute Gasteiger partial charge is 0.507 e. The standard InChI is InChI=1S/C31H42N2O5/c1-6-8-17-32(18-9-7-2)19-10-20-33-28(25-21-24(37-4)15-16-26(25)38-5)27(30(35)31(33)36)29(34)23-13-11-22(3)12-14-23/h11-16,21,28,34H,6-10,17-20H2,1-5H3/t28-/m0/s1. The van der Waals surface area contributed by atoms with Gasteiger partial charge in [0.05, 0.1) is 25.8 Å². The van der Waals surface area contributed by atoms with Gasteiger partial charge in [0.15, 0.2) is 0 Å². The zero-order valence-electron chi connectivity index (χ0n) is 23.5. The SMILES string of the molecule is CCCCN(CCCC)CCCN1C(=O)C(=O)C(=C(O)c2ccc(C)cc2)[C@@H]1c1cc(OC)ccc1OC. The minimum absolute atomic E-state index is 0.0687. The van der Waals surface area contributed by atoms with Gasteiger partial charge < -0.3 is 24.4 Å². The van der Waals surface area contributed by atoms with Crippen LogP contribution in [-0.2, 0) is 9.59 Å². The van der Waals surface area contributed by atoms with E-state index in [1.807, 2.05) is 19.1 Å². The third-order valence-corrected chi connectivity index (χ3v) is 7.13. The molecule has 3 rings (SSSR count). The van der Waals surface area contributed by atoms with E-state index >= 15 is 0 Å². The van der Waals surface area contributed by atoms with Gasteiger partial charge in [-0.1, -0.05) is 56.5 Å². The molecule has 0 saturated carbocycles. The lowest BCUT2D eigenvalue weighted by Crippen LogP contribution is -2.34. The Morgan fingerprint density at radius 2 is 1.55 bits per heavy atom. The molecule has 38 heavy (non-hydrogen) atoms. The maximum absolute atomic E-state index is 13.4. The molecule has 2 aromatic rings. The Bertz CT molecular complexity index is 1120. The number of aliphatic hydroxyl groups excluding tert-OH is 1. The molecule has 1 aliphatic heterocycles. The predicted octanol–water partition coefficient (Wildman–Crippen LogP) is 5.73. The van der Waals surface area contributed by atoms with Crippen LogP contribution in [-0.4, -0.2) is 67.0 Å². The second kappa shape index (κ2) is 14.0. The first kappa shape index (κ1) is 29.2. The summed E-state index contributed by atoms with van der Waals surface area (Å²) in [6, 6.07) is 11.8. The zero-order valence-corrected chi connectivity index (χ0v) is 23.5. The van der Waals surface area contributed by atoms with Gasteiger partial charge >= 0.3 is 0 Å². The molecule has 2 aromatic carbocycles. The molecule has 1 atom stereocenters. The minimum Gasteiger partial charge on any atom is -0.507 e. The Kier molecular flexibility index (Phi) is 10.8. The highest BCUT2D eigenvalue weighted by molar-refractivity contribution is 6.46. The van der Waals surface area contributed by atoms with Crippen molar-refractivity contribution in [2.24, 2.45) is 0 Å². The average molecular weight is 523 g/mol. The van der Waals surface area contributed by atoms with Crippen molar-refractivity contribution in [1.29, 1.82) is 0 Å². The van der Waals surface area contributed by atoms with Crippen LogP contribution >= 0.6 is 0 Å². The summed E-state index contributed by atoms with van der Waals surface area (Å²) in [5, 5.41) is 11.3. The van der Waals surface area contributed by atoms with Crippen LogP contribution in [0.25, 0.3) is 5.76 Å². The molecule has 0 aromatic heterocycles. The summed E-state index contributed by atoms with van der Waals surface area (Å²) in [5.41, 5.74) is 2.20. The van der Waals surface area contributed by atoms with Crippen LogP contribution in [0.5, 0.6) is 11.5 Å². The second-order valence-corrected chi connectivity index (χ2v) is 9.87. The molecule has 7 heteroatoms. The predicted molar refractivity (Wildman–Crippen MR) is 151 cm³/mol. The number of hydrogen-bond acceptors (Lipinski definition) is 6. The van der Waals surface area contributed by atoms with Gasteiger partial charge in [-0.05, 0) is 64.0 Å². The molecule has 1 saturated heterocycles. The molecule has 0 unspecified atom stereocenters. The molecule has 1 heterocycles. The molecule has 0 radical (unpaired) electrons. The van der Waals surface area contributed by atoms with Crippen molar-refractivity contribution in [3.8, 4) is 11.5 Å². The zero-order chi connectivity index (χ0) is 27.7. The number of likely N-dealkylation sites (tertiary alicyclic amines) is 1. The van der Waals surface area contributed by atoms with Gasteiger partial charge in [-0.15, -0.1) is 0 Å². The summed E-state index contributed by atoms with van der Waals surface area (Å²) in [6.07, 6.45) is 5.24. The maximum Gasteiger partial charge on any atom is 0.295 e. The number of Topliss-reactive ketones (excluding diaryl/α,β-unsaturated/α-hetero) is 1. The quantitative estimate of drug-likeness (QED) is 0.194. The summed E-state index contributed by atoms with van der Waals surface area (Å²) in [5.74, 6) is -0.390. The lowest BCUT2D eigenvalue weighted by atomic mass is 9.94. The van der Waals surface area contributed by atoms with Crippen molar-refractivity contribution in [3.63, 3.8) is 0 Å². The number of unbranched alkanes of at least 4 members (excludes halogenated alkanes) is 2. The smallest absolute Gasteiger partial charge is 0.295 e. The minimum atomic E-state index is -0.791. The van der Waals surface area contributed by atoms with E-state index in [0.717, 1.165) is 50.9 Å². The molecule has 0 bridgehead atoms. The van der Waals surface area contributed by atoms with Crippen LogP contribution in [0.3, 0.4) is 0 Å². The number of ketones is 1. The average Bonchev–Trinajstić information content (AvgIpc) is 3.18. The normalized spacial score (nSPS) is 16.9. The molecule has 1 N–H and O–H groups in total. The Morgan fingerprint density at radius 1 is 0.921 bits per heavy atom. The van der Waals surface area contributed by atoms with Crippen LogP contribution in [0.15, 0.2) is 48.0 Å². The first-order valence-corrected chi connectivity index (χ1v) is 13.7. The van der Waals surface area contributed by atoms with E-state index in [1.165, 1.54) is 0 Å². The van der Waals surface area contributed by atoms with E-state index in [2.05, 4.69) is 18.7 Å². The third kappa shape index (κ3) is 6.76. The molecule has 1 amide bonds. The van der Waals surface area contributed by atoms with Gasteiger partial charge in [0.1, 0.15) is 17.3 Å². The van der Waals surface area contributed by atoms with E-state index in [9.17, 15) is 14.7 Å². The topological polar surface area (TPSA) is 79.3 Å². The summed E-state index contributed by atoms with van der Waals surface area (Å²) < 4.78 is 11.1. The molecule has 206 valence electrons. The Morgan fingerprint density at radius 3 is 2.13 bits per heavy atom. The van der Waals surface area contributed by atoms with Crippen LogP contribution in [0.4, 0.5) is 0 Å². The number of nitrogens with zero attached hydrogens (tertiary/aromatic N) is 2. The van der Waals surface area contributed by atoms with Crippen molar-refractivity contribution in [3.05, 3.63) is 64.7 Å². The number of amides is 1. The summed E-state index contributed by atoms with van der Waals surface area (Å²) >= 11 is 0. The molecule has 1 fully saturated rings. The maximum atomic E-state index is 13.4. The van der Waals surface area contributed by atoms with Crippen LogP contribution in [0.1, 0.15) is 68.7 Å². The van der Waals surface area contributed by atoms with Gasteiger partial charge in [0, 0.05) is 17.7 Å². The van der Waals surface area contributed by atoms with E-state index in [-0.39, 0.29) is 11.3 Å². The van der Waals surface area contributed by atoms with Gasteiger partial charge in [0.25, 0.3) is 11.7 Å². The number of aryl methyl sites for hydroxylation is 1. The van der Waals surface area contributed by atoms with Crippen molar-refractivity contribution in [1.82, 2.24) is 9.80 Å². The van der Waals surface area contributed by atoms with E-state index in [0.29, 0.717) is 35.6 Å². The highest BCUT2D eigenvalue weighted by Crippen LogP contribution is 2.44. The Labute approximate surface area is 227 Å². The van der Waals surface area contributed by atoms with Crippen molar-refractivity contribution < 1.29 is 24.2 Å². The lowest BCUT2D eigenvalue weighted by molar-refractivity contribution is -0.140. The molecule has 7 nitrogen and oxygen atoms in total. The van der Waals surface area contributed by atoms with Gasteiger partial charge in [-0.3, -0.25) is 9.59 Å². The highest BCUT2D eigenvalue weighted by Gasteiger charge is 2.47. The Hall–Kier alpha value is -3.32. The number of hydrogen-bond donors (Lipinski definition) is 1. The molecule has 0 aliphatic carbocycles. The molecular weight excluding hydrogens is 480 g/mol. The summed E-state index contributed by atoms with van der Waals surface area (Å²) in [4.78, 5) is 30.9. The van der Waals surface area contributed by atoms with E-state index < -0.39 is 17.7 Å². The fourth-order valence-electron chi connectivity index (χ4n) is 4.92. The van der Waals surface area contributed by atoms with E-state index in [1.54, 1.807) is 49.5 Å². The van der Waals surface area contributed by atoms with Gasteiger partial charge in [0.2, 0.25) is 0 Å². The number of benzene rings is 2. The fourth-order valence-corrected chi connectivity index (χ4v) is 4.92. The van der Waals surface area contributed by atoms with Crippen molar-refractivity contribution in [2.45, 2.75) is 58.9 Å². The number of rotatable bonds is 14. The fraction of sp³-hybridized carbons (Fsp3) is 0.484. The number of ether oxygens (including phenoxy) is 2. The van der Waals surface area contributed by atoms with Crippen molar-refractivity contribution >= 4 is 17.4 Å². The number of carbonyl (C=O) groups is 2. The van der Waals surface area contributed by atoms with E-state index in [4.69, 9.17) is 9.47 Å². The van der Waals surface area contributed by atoms with Crippen LogP contribution in [0.2, 0.25) is 0 Å². The van der Waals surface area contributed by atoms with Crippen LogP contribution < -0.4 is 9.47 Å². The second-order valence-electron chi connectivity index (χ2n) is 9.87. The highest BCUT2D eigenvalue weighted by atomic mass is 16.5. The van der Waals surface area contributed by atoms with Crippen molar-refractivity contribution in [2.75, 3.05) is 40.4 Å². The number of aliphatic hydroxyl groups is 1. The monoisotopic (exact) mass is 522 g/mol. The first-order chi connectivity index (χ1) is 18.4. The first-order valence-electron chi connectivity index (χ1n) is 13.7. The Balaban J connectivity index is 2.02. The number of methoxy groups -OCH3 is 2. The summed E-state index contributed by atoms with van der Waals surface area (Å²) in [7, 11) is 3.12. The third-order valence-electron chi connectivity index (χ3n) is 7.13. The number of carbonyl (C=O) groups excluding carboxylic acids is 2. The molecule has 0 spiro atoms. The van der Waals surface area contributed by atoms with Crippen LogP contribution in [0, 0.1) is 6.92 Å². The summed E-state index contributed by atoms with van der Waals surface area (Å²) in [6.45, 7) is 9.60. The van der Waals surface area contributed by atoms with Gasteiger partial charge in [-0.2, -0.15) is 0 Å². The molecular formula is C31H42N2O5. The van der Waals surface area contributed by atoms with Gasteiger partial charge in [-0.25, -0.2) is 0 Å².